The Labute approximate surface area is 180 Å². The van der Waals surface area contributed by atoms with Crippen molar-refractivity contribution in [1.29, 1.82) is 0 Å². The number of anilines is 1. The predicted octanol–water partition coefficient (Wildman–Crippen LogP) is 5.48. The van der Waals surface area contributed by atoms with Crippen molar-refractivity contribution in [2.75, 3.05) is 5.32 Å². The van der Waals surface area contributed by atoms with E-state index < -0.39 is 29.0 Å². The van der Waals surface area contributed by atoms with Gasteiger partial charge in [-0.05, 0) is 59.9 Å². The van der Waals surface area contributed by atoms with Gasteiger partial charge >= 0.3 is 12.1 Å². The maximum atomic E-state index is 14.3. The number of alkyl halides is 5. The SMILES string of the molecule is CC(C)C(=O)Nc1cc(-c2ccc(C(F)(F)C(F)(F)F)c(F)c2)cc(C2(NC=O)CC2)c1. The fourth-order valence-electron chi connectivity index (χ4n) is 3.29. The lowest BCUT2D eigenvalue weighted by atomic mass is 9.95. The number of benzene rings is 2. The van der Waals surface area contributed by atoms with Crippen LogP contribution in [0.1, 0.15) is 37.8 Å². The Morgan fingerprint density at radius 2 is 1.69 bits per heavy atom. The van der Waals surface area contributed by atoms with E-state index in [9.17, 15) is 35.9 Å². The van der Waals surface area contributed by atoms with Gasteiger partial charge < -0.3 is 10.6 Å². The summed E-state index contributed by atoms with van der Waals surface area (Å²) < 4.78 is 79.4. The van der Waals surface area contributed by atoms with Crippen LogP contribution in [0.3, 0.4) is 0 Å². The molecule has 4 nitrogen and oxygen atoms in total. The van der Waals surface area contributed by atoms with Gasteiger partial charge in [0, 0.05) is 11.6 Å². The van der Waals surface area contributed by atoms with Crippen LogP contribution in [0.15, 0.2) is 36.4 Å². The molecule has 0 radical (unpaired) electrons. The number of rotatable bonds is 7. The van der Waals surface area contributed by atoms with Gasteiger partial charge in [-0.3, -0.25) is 9.59 Å². The summed E-state index contributed by atoms with van der Waals surface area (Å²) in [6.45, 7) is 3.34. The van der Waals surface area contributed by atoms with Crippen LogP contribution in [0.4, 0.5) is 32.0 Å². The molecule has 0 saturated heterocycles. The minimum absolute atomic E-state index is 0.0352. The number of hydrogen-bond donors (Lipinski definition) is 2. The Kier molecular flexibility index (Phi) is 6.01. The van der Waals surface area contributed by atoms with Crippen molar-refractivity contribution in [2.45, 2.75) is 44.3 Å². The normalized spacial score (nSPS) is 15.4. The van der Waals surface area contributed by atoms with E-state index in [1.165, 1.54) is 6.07 Å². The van der Waals surface area contributed by atoms with E-state index in [1.807, 2.05) is 0 Å². The molecule has 1 aliphatic carbocycles. The third-order valence-corrected chi connectivity index (χ3v) is 5.36. The number of hydrogen-bond acceptors (Lipinski definition) is 2. The molecule has 0 spiro atoms. The number of carbonyl (C=O) groups excluding carboxylic acids is 2. The van der Waals surface area contributed by atoms with Crippen LogP contribution in [0.5, 0.6) is 0 Å². The van der Waals surface area contributed by atoms with Gasteiger partial charge in [0.05, 0.1) is 11.1 Å². The number of carbonyl (C=O) groups is 2. The second-order valence-corrected chi connectivity index (χ2v) is 8.05. The third kappa shape index (κ3) is 4.44. The molecule has 0 heterocycles. The molecule has 0 unspecified atom stereocenters. The Balaban J connectivity index is 2.07. The standard InChI is InChI=1S/C22H20F6N2O2/c1-12(2)19(32)30-16-8-14(7-15(10-16)20(5-6-20)29-11-31)13-3-4-17(18(23)9-13)21(24,25)22(26,27)28/h3-4,7-12H,5-6H2,1-2H3,(H,29,31)(H,30,32). The van der Waals surface area contributed by atoms with E-state index in [0.29, 0.717) is 42.6 Å². The second kappa shape index (κ2) is 8.14. The van der Waals surface area contributed by atoms with Gasteiger partial charge in [-0.15, -0.1) is 0 Å². The minimum atomic E-state index is -5.94. The largest absolute Gasteiger partial charge is 0.458 e. The summed E-state index contributed by atoms with van der Waals surface area (Å²) in [5.74, 6) is -7.73. The van der Waals surface area contributed by atoms with Gasteiger partial charge in [0.1, 0.15) is 5.82 Å². The van der Waals surface area contributed by atoms with E-state index in [-0.39, 0.29) is 23.0 Å². The highest BCUT2D eigenvalue weighted by atomic mass is 19.4. The molecular formula is C22H20F6N2O2. The molecule has 1 saturated carbocycles. The molecule has 0 bridgehead atoms. The lowest BCUT2D eigenvalue weighted by Crippen LogP contribution is -2.34. The second-order valence-electron chi connectivity index (χ2n) is 8.05. The lowest BCUT2D eigenvalue weighted by Gasteiger charge is -2.21. The molecule has 2 aromatic carbocycles. The van der Waals surface area contributed by atoms with Crippen molar-refractivity contribution >= 4 is 18.0 Å². The Hall–Kier alpha value is -3.04. The first-order valence-corrected chi connectivity index (χ1v) is 9.73. The quantitative estimate of drug-likeness (QED) is 0.427. The summed E-state index contributed by atoms with van der Waals surface area (Å²) in [4.78, 5) is 23.1. The molecule has 2 N–H and O–H groups in total. The molecule has 1 aliphatic rings. The molecule has 0 aromatic heterocycles. The Morgan fingerprint density at radius 3 is 2.19 bits per heavy atom. The van der Waals surface area contributed by atoms with E-state index in [0.717, 1.165) is 6.07 Å². The van der Waals surface area contributed by atoms with Crippen molar-refractivity contribution in [3.05, 3.63) is 53.3 Å². The summed E-state index contributed by atoms with van der Waals surface area (Å²) >= 11 is 0. The molecule has 32 heavy (non-hydrogen) atoms. The smallest absolute Gasteiger partial charge is 0.349 e. The highest BCUT2D eigenvalue weighted by Gasteiger charge is 2.59. The summed E-state index contributed by atoms with van der Waals surface area (Å²) in [6.07, 6.45) is -4.20. The summed E-state index contributed by atoms with van der Waals surface area (Å²) in [7, 11) is 0. The Bertz CT molecular complexity index is 1050. The van der Waals surface area contributed by atoms with Gasteiger partial charge in [-0.2, -0.15) is 22.0 Å². The van der Waals surface area contributed by atoms with E-state index in [4.69, 9.17) is 0 Å². The van der Waals surface area contributed by atoms with Crippen LogP contribution in [-0.4, -0.2) is 18.5 Å². The number of nitrogens with one attached hydrogen (secondary N) is 2. The predicted molar refractivity (Wildman–Crippen MR) is 105 cm³/mol. The van der Waals surface area contributed by atoms with E-state index in [2.05, 4.69) is 10.6 Å². The van der Waals surface area contributed by atoms with Crippen LogP contribution in [0, 0.1) is 11.7 Å². The van der Waals surface area contributed by atoms with Crippen LogP contribution < -0.4 is 10.6 Å². The molecular weight excluding hydrogens is 438 g/mol. The molecule has 0 atom stereocenters. The average molecular weight is 458 g/mol. The fourth-order valence-corrected chi connectivity index (χ4v) is 3.29. The third-order valence-electron chi connectivity index (χ3n) is 5.36. The van der Waals surface area contributed by atoms with Gasteiger partial charge in [0.25, 0.3) is 0 Å². The van der Waals surface area contributed by atoms with Gasteiger partial charge in [-0.25, -0.2) is 4.39 Å². The summed E-state index contributed by atoms with van der Waals surface area (Å²) in [5.41, 5.74) is -1.24. The van der Waals surface area contributed by atoms with Crippen LogP contribution in [0.2, 0.25) is 0 Å². The van der Waals surface area contributed by atoms with Crippen molar-refractivity contribution in [3.8, 4) is 11.1 Å². The van der Waals surface area contributed by atoms with Crippen molar-refractivity contribution in [2.24, 2.45) is 5.92 Å². The van der Waals surface area contributed by atoms with Gasteiger partial charge in [0.15, 0.2) is 0 Å². The molecule has 0 aliphatic heterocycles. The number of amides is 2. The van der Waals surface area contributed by atoms with Crippen molar-refractivity contribution in [3.63, 3.8) is 0 Å². The summed E-state index contributed by atoms with van der Waals surface area (Å²) in [6, 6.07) is 6.61. The van der Waals surface area contributed by atoms with Crippen molar-refractivity contribution in [1.82, 2.24) is 5.32 Å². The van der Waals surface area contributed by atoms with E-state index in [1.54, 1.807) is 26.0 Å². The van der Waals surface area contributed by atoms with E-state index >= 15 is 0 Å². The first-order chi connectivity index (χ1) is 14.8. The monoisotopic (exact) mass is 458 g/mol. The molecule has 1 fully saturated rings. The maximum absolute atomic E-state index is 14.3. The first-order valence-electron chi connectivity index (χ1n) is 9.73. The van der Waals surface area contributed by atoms with Crippen LogP contribution in [0.25, 0.3) is 11.1 Å². The minimum Gasteiger partial charge on any atom is -0.349 e. The molecule has 172 valence electrons. The molecule has 2 aromatic rings. The van der Waals surface area contributed by atoms with Crippen molar-refractivity contribution < 1.29 is 35.9 Å². The fraction of sp³-hybridized carbons (Fsp3) is 0.364. The Morgan fingerprint density at radius 1 is 1.03 bits per heavy atom. The van der Waals surface area contributed by atoms with Gasteiger partial charge in [0.2, 0.25) is 12.3 Å². The molecule has 2 amide bonds. The first kappa shape index (κ1) is 23.6. The van der Waals surface area contributed by atoms with Crippen LogP contribution >= 0.6 is 0 Å². The topological polar surface area (TPSA) is 58.2 Å². The molecule has 10 heteroatoms. The average Bonchev–Trinajstić information content (AvgIpc) is 3.47. The van der Waals surface area contributed by atoms with Gasteiger partial charge in [-0.1, -0.05) is 19.9 Å². The zero-order valence-electron chi connectivity index (χ0n) is 17.1. The zero-order chi connectivity index (χ0) is 23.9. The summed E-state index contributed by atoms with van der Waals surface area (Å²) in [5, 5.41) is 5.38. The highest BCUT2D eigenvalue weighted by molar-refractivity contribution is 5.93. The number of halogens is 6. The highest BCUT2D eigenvalue weighted by Crippen LogP contribution is 2.48. The lowest BCUT2D eigenvalue weighted by molar-refractivity contribution is -0.290. The maximum Gasteiger partial charge on any atom is 0.458 e. The molecule has 3 rings (SSSR count). The van der Waals surface area contributed by atoms with Crippen LogP contribution in [-0.2, 0) is 21.1 Å². The zero-order valence-corrected chi connectivity index (χ0v) is 17.1.